The first kappa shape index (κ1) is 25.3. The summed E-state index contributed by atoms with van der Waals surface area (Å²) in [5.41, 5.74) is 2.05. The summed E-state index contributed by atoms with van der Waals surface area (Å²) in [5, 5.41) is 15.2. The Morgan fingerprint density at radius 3 is 2.34 bits per heavy atom. The van der Waals surface area contributed by atoms with E-state index in [-0.39, 0.29) is 5.57 Å². The first-order chi connectivity index (χ1) is 16.8. The molecule has 1 N–H and O–H groups in total. The van der Waals surface area contributed by atoms with Gasteiger partial charge < -0.3 is 10.1 Å². The van der Waals surface area contributed by atoms with E-state index < -0.39 is 5.91 Å². The second kappa shape index (κ2) is 11.3. The maximum Gasteiger partial charge on any atom is 0.266 e. The van der Waals surface area contributed by atoms with Gasteiger partial charge in [-0.25, -0.2) is 0 Å². The maximum absolute atomic E-state index is 12.6. The second-order valence-electron chi connectivity index (χ2n) is 7.54. The molecule has 0 saturated heterocycles. The third-order valence-corrected chi connectivity index (χ3v) is 6.99. The number of halogens is 4. The summed E-state index contributed by atoms with van der Waals surface area (Å²) >= 11 is 19.0. The lowest BCUT2D eigenvalue weighted by Gasteiger charge is -2.12. The van der Waals surface area contributed by atoms with Crippen LogP contribution in [0.25, 0.3) is 16.8 Å². The number of anilines is 1. The van der Waals surface area contributed by atoms with Gasteiger partial charge in [-0.1, -0.05) is 59.6 Å². The molecule has 4 aromatic rings. The van der Waals surface area contributed by atoms with Gasteiger partial charge in [0.15, 0.2) is 0 Å². The number of ether oxygens (including phenoxy) is 1. The summed E-state index contributed by atoms with van der Waals surface area (Å²) in [5.74, 6) is 0.0591. The van der Waals surface area contributed by atoms with Crippen molar-refractivity contribution in [2.75, 3.05) is 5.32 Å². The van der Waals surface area contributed by atoms with E-state index in [0.717, 1.165) is 10.9 Å². The van der Waals surface area contributed by atoms with Crippen molar-refractivity contribution in [3.8, 4) is 11.8 Å². The standard InChI is InChI=1S/C27H16Br2Cl2N2O2/c28-22-11-17(10-20(14-32)27(34)33-21-7-8-24(30)25(31)13-21)12-23(29)26(22)35-15-16-5-6-18-3-1-2-4-19(18)9-16/h1-13H,15H2,(H,33,34)/b20-10+. The van der Waals surface area contributed by atoms with Gasteiger partial charge in [0.2, 0.25) is 0 Å². The molecule has 0 spiro atoms. The van der Waals surface area contributed by atoms with Crippen LogP contribution in [0.5, 0.6) is 5.75 Å². The molecule has 0 fully saturated rings. The smallest absolute Gasteiger partial charge is 0.266 e. The van der Waals surface area contributed by atoms with Gasteiger partial charge in [-0.05, 0) is 96.2 Å². The van der Waals surface area contributed by atoms with Gasteiger partial charge in [-0.2, -0.15) is 5.26 Å². The SMILES string of the molecule is N#C/C(=C\c1cc(Br)c(OCc2ccc3ccccc3c2)c(Br)c1)C(=O)Nc1ccc(Cl)c(Cl)c1. The fraction of sp³-hybridized carbons (Fsp3) is 0.0370. The molecule has 0 bridgehead atoms. The number of fused-ring (bicyclic) bond motifs is 1. The third-order valence-electron chi connectivity index (χ3n) is 5.07. The van der Waals surface area contributed by atoms with Gasteiger partial charge in [0.25, 0.3) is 5.91 Å². The zero-order valence-electron chi connectivity index (χ0n) is 18.0. The highest BCUT2D eigenvalue weighted by Crippen LogP contribution is 2.36. The lowest BCUT2D eigenvalue weighted by molar-refractivity contribution is -0.112. The van der Waals surface area contributed by atoms with Crippen molar-refractivity contribution in [2.24, 2.45) is 0 Å². The van der Waals surface area contributed by atoms with Crippen molar-refractivity contribution in [3.05, 3.63) is 108 Å². The molecule has 4 aromatic carbocycles. The highest BCUT2D eigenvalue weighted by atomic mass is 79.9. The number of hydrogen-bond donors (Lipinski definition) is 1. The highest BCUT2D eigenvalue weighted by Gasteiger charge is 2.13. The molecule has 0 saturated carbocycles. The van der Waals surface area contributed by atoms with Crippen LogP contribution < -0.4 is 10.1 Å². The first-order valence-corrected chi connectivity index (χ1v) is 12.7. The van der Waals surface area contributed by atoms with Crippen LogP contribution in [0.2, 0.25) is 10.0 Å². The lowest BCUT2D eigenvalue weighted by atomic mass is 10.1. The summed E-state index contributed by atoms with van der Waals surface area (Å²) in [6, 6.07) is 24.6. The van der Waals surface area contributed by atoms with Crippen molar-refractivity contribution in [1.82, 2.24) is 0 Å². The van der Waals surface area contributed by atoms with Gasteiger partial charge in [0.05, 0.1) is 19.0 Å². The fourth-order valence-electron chi connectivity index (χ4n) is 3.37. The number of benzene rings is 4. The Bertz CT molecular complexity index is 1490. The summed E-state index contributed by atoms with van der Waals surface area (Å²) in [6.45, 7) is 0.382. The summed E-state index contributed by atoms with van der Waals surface area (Å²) in [6.07, 6.45) is 1.50. The molecule has 0 aliphatic carbocycles. The molecule has 4 rings (SSSR count). The molecule has 0 radical (unpaired) electrons. The molecule has 35 heavy (non-hydrogen) atoms. The topological polar surface area (TPSA) is 62.1 Å². The Kier molecular flexibility index (Phi) is 8.15. The van der Waals surface area contributed by atoms with Gasteiger partial charge in [0.1, 0.15) is 24.0 Å². The van der Waals surface area contributed by atoms with Crippen molar-refractivity contribution in [2.45, 2.75) is 6.61 Å². The Morgan fingerprint density at radius 2 is 1.66 bits per heavy atom. The van der Waals surface area contributed by atoms with E-state index in [2.05, 4.69) is 61.4 Å². The Hall–Kier alpha value is -2.82. The van der Waals surface area contributed by atoms with Crippen molar-refractivity contribution < 1.29 is 9.53 Å². The monoisotopic (exact) mass is 628 g/mol. The molecule has 0 aliphatic rings. The molecule has 0 atom stereocenters. The van der Waals surface area contributed by atoms with E-state index in [0.29, 0.717) is 42.6 Å². The van der Waals surface area contributed by atoms with Gasteiger partial charge in [0, 0.05) is 5.69 Å². The second-order valence-corrected chi connectivity index (χ2v) is 10.1. The van der Waals surface area contributed by atoms with Crippen molar-refractivity contribution in [3.63, 3.8) is 0 Å². The van der Waals surface area contributed by atoms with Crippen LogP contribution in [0.4, 0.5) is 5.69 Å². The van der Waals surface area contributed by atoms with Crippen LogP contribution >= 0.6 is 55.1 Å². The van der Waals surface area contributed by atoms with Crippen molar-refractivity contribution >= 4 is 83.5 Å². The molecule has 0 aromatic heterocycles. The van der Waals surface area contributed by atoms with E-state index in [4.69, 9.17) is 27.9 Å². The largest absolute Gasteiger partial charge is 0.487 e. The number of hydrogen-bond acceptors (Lipinski definition) is 3. The van der Waals surface area contributed by atoms with Crippen LogP contribution in [0.3, 0.4) is 0 Å². The van der Waals surface area contributed by atoms with Crippen LogP contribution in [0.15, 0.2) is 87.3 Å². The number of amides is 1. The minimum atomic E-state index is -0.560. The van der Waals surface area contributed by atoms with Gasteiger partial charge in [-0.15, -0.1) is 0 Å². The van der Waals surface area contributed by atoms with Crippen LogP contribution in [0.1, 0.15) is 11.1 Å². The molecule has 0 unspecified atom stereocenters. The highest BCUT2D eigenvalue weighted by molar-refractivity contribution is 9.11. The Labute approximate surface area is 229 Å². The Morgan fingerprint density at radius 1 is 0.943 bits per heavy atom. The number of nitriles is 1. The van der Waals surface area contributed by atoms with E-state index in [1.807, 2.05) is 24.3 Å². The summed E-state index contributed by atoms with van der Waals surface area (Å²) in [7, 11) is 0. The zero-order valence-corrected chi connectivity index (χ0v) is 22.7. The molecule has 1 amide bonds. The third kappa shape index (κ3) is 6.25. The number of nitrogens with one attached hydrogen (secondary N) is 1. The average molecular weight is 631 g/mol. The molecule has 8 heteroatoms. The fourth-order valence-corrected chi connectivity index (χ4v) is 5.12. The number of rotatable bonds is 6. The predicted molar refractivity (Wildman–Crippen MR) is 149 cm³/mol. The molecular weight excluding hydrogens is 615 g/mol. The van der Waals surface area contributed by atoms with Crippen LogP contribution in [0, 0.1) is 11.3 Å². The minimum absolute atomic E-state index is 0.0697. The lowest BCUT2D eigenvalue weighted by Crippen LogP contribution is -2.13. The maximum atomic E-state index is 12.6. The van der Waals surface area contributed by atoms with Crippen LogP contribution in [-0.2, 0) is 11.4 Å². The van der Waals surface area contributed by atoms with E-state index in [9.17, 15) is 10.1 Å². The number of nitrogens with zero attached hydrogens (tertiary/aromatic N) is 1. The van der Waals surface area contributed by atoms with Gasteiger partial charge >= 0.3 is 0 Å². The first-order valence-electron chi connectivity index (χ1n) is 10.3. The van der Waals surface area contributed by atoms with E-state index >= 15 is 0 Å². The minimum Gasteiger partial charge on any atom is -0.487 e. The molecule has 0 heterocycles. The molecule has 4 nitrogen and oxygen atoms in total. The quantitative estimate of drug-likeness (QED) is 0.171. The van der Waals surface area contributed by atoms with E-state index in [1.54, 1.807) is 24.3 Å². The average Bonchev–Trinajstić information content (AvgIpc) is 2.84. The van der Waals surface area contributed by atoms with Gasteiger partial charge in [-0.3, -0.25) is 4.79 Å². The zero-order chi connectivity index (χ0) is 24.9. The normalized spacial score (nSPS) is 11.2. The van der Waals surface area contributed by atoms with E-state index in [1.165, 1.54) is 17.5 Å². The predicted octanol–water partition coefficient (Wildman–Crippen LogP) is 8.80. The Balaban J connectivity index is 1.50. The molecule has 174 valence electrons. The number of carbonyl (C=O) groups is 1. The van der Waals surface area contributed by atoms with Crippen molar-refractivity contribution in [1.29, 1.82) is 5.26 Å². The van der Waals surface area contributed by atoms with Crippen LogP contribution in [-0.4, -0.2) is 5.91 Å². The summed E-state index contributed by atoms with van der Waals surface area (Å²) < 4.78 is 7.42. The molecular formula is C27H16Br2Cl2N2O2. The molecule has 0 aliphatic heterocycles. The number of carbonyl (C=O) groups excluding carboxylic acids is 1. The summed E-state index contributed by atoms with van der Waals surface area (Å²) in [4.78, 5) is 12.6.